The number of piperazine rings is 1. The van der Waals surface area contributed by atoms with Crippen LogP contribution in [0.1, 0.15) is 19.3 Å². The van der Waals surface area contributed by atoms with Crippen LogP contribution in [-0.4, -0.2) is 65.7 Å². The summed E-state index contributed by atoms with van der Waals surface area (Å²) >= 11 is 0. The number of carbonyl (C=O) groups excluding carboxylic acids is 1. The Morgan fingerprint density at radius 3 is 2.89 bits per heavy atom. The van der Waals surface area contributed by atoms with Gasteiger partial charge in [-0.1, -0.05) is 6.42 Å². The van der Waals surface area contributed by atoms with E-state index < -0.39 is 12.6 Å². The third kappa shape index (κ3) is 3.33. The Morgan fingerprint density at radius 2 is 2.11 bits per heavy atom. The number of piperidine rings is 1. The van der Waals surface area contributed by atoms with Crippen molar-refractivity contribution in [3.63, 3.8) is 0 Å². The van der Waals surface area contributed by atoms with Crippen molar-refractivity contribution in [3.8, 4) is 0 Å². The van der Waals surface area contributed by atoms with Gasteiger partial charge in [0.15, 0.2) is 6.61 Å². The fraction of sp³-hybridized carbons (Fsp3) is 0.818. The number of rotatable bonds is 3. The maximum Gasteiger partial charge on any atom is 0.341 e. The Morgan fingerprint density at radius 1 is 1.28 bits per heavy atom. The molecule has 2 aliphatic heterocycles. The number of nitrogens with zero attached hydrogens (tertiary/aromatic N) is 2. The molecule has 0 aromatic carbocycles. The molecule has 0 aromatic rings. The molecule has 0 aromatic heterocycles. The second-order valence-corrected chi connectivity index (χ2v) is 4.72. The SMILES string of the molecule is O=C(O)CONC(=O)N1CCN2CCCCC2C1. The number of fused-ring (bicyclic) bond motifs is 1. The van der Waals surface area contributed by atoms with Crippen molar-refractivity contribution in [3.05, 3.63) is 0 Å². The summed E-state index contributed by atoms with van der Waals surface area (Å²) < 4.78 is 0. The van der Waals surface area contributed by atoms with Gasteiger partial charge in [0.05, 0.1) is 0 Å². The van der Waals surface area contributed by atoms with E-state index in [-0.39, 0.29) is 6.03 Å². The minimum atomic E-state index is -1.10. The van der Waals surface area contributed by atoms with Crippen LogP contribution in [0.5, 0.6) is 0 Å². The Bertz CT molecular complexity index is 323. The molecule has 2 saturated heterocycles. The van der Waals surface area contributed by atoms with Gasteiger partial charge in [-0.25, -0.2) is 15.1 Å². The molecule has 7 heteroatoms. The minimum Gasteiger partial charge on any atom is -0.479 e. The number of amides is 2. The summed E-state index contributed by atoms with van der Waals surface area (Å²) in [6, 6.07) is 0.0965. The molecule has 2 amide bonds. The molecule has 0 bridgehead atoms. The summed E-state index contributed by atoms with van der Waals surface area (Å²) in [5.74, 6) is -1.10. The van der Waals surface area contributed by atoms with Gasteiger partial charge in [0, 0.05) is 25.7 Å². The fourth-order valence-electron chi connectivity index (χ4n) is 2.56. The molecule has 0 saturated carbocycles. The van der Waals surface area contributed by atoms with Crippen molar-refractivity contribution in [2.75, 3.05) is 32.8 Å². The molecule has 102 valence electrons. The lowest BCUT2D eigenvalue weighted by atomic mass is 10.00. The van der Waals surface area contributed by atoms with Gasteiger partial charge in [-0.2, -0.15) is 0 Å². The lowest BCUT2D eigenvalue weighted by molar-refractivity contribution is -0.144. The summed E-state index contributed by atoms with van der Waals surface area (Å²) in [5, 5.41) is 8.39. The standard InChI is InChI=1S/C11H19N3O4/c15-10(16)8-18-12-11(17)14-6-5-13-4-2-1-3-9(13)7-14/h9H,1-8H2,(H,12,17)(H,15,16). The van der Waals surface area contributed by atoms with Gasteiger partial charge in [0.2, 0.25) is 0 Å². The Hall–Kier alpha value is -1.34. The Labute approximate surface area is 106 Å². The van der Waals surface area contributed by atoms with Gasteiger partial charge in [0.25, 0.3) is 0 Å². The molecule has 0 radical (unpaired) electrons. The first kappa shape index (κ1) is 13.1. The number of aliphatic carboxylic acids is 1. The van der Waals surface area contributed by atoms with E-state index in [0.717, 1.165) is 19.5 Å². The molecule has 2 aliphatic rings. The van der Waals surface area contributed by atoms with E-state index in [2.05, 4.69) is 15.2 Å². The van der Waals surface area contributed by atoms with Crippen molar-refractivity contribution in [2.24, 2.45) is 0 Å². The van der Waals surface area contributed by atoms with Crippen molar-refractivity contribution >= 4 is 12.0 Å². The van der Waals surface area contributed by atoms with Gasteiger partial charge >= 0.3 is 12.0 Å². The Balaban J connectivity index is 1.75. The number of carboxylic acids is 1. The van der Waals surface area contributed by atoms with Crippen LogP contribution in [0.25, 0.3) is 0 Å². The number of carbonyl (C=O) groups is 2. The number of hydroxylamine groups is 1. The molecule has 2 rings (SSSR count). The fourth-order valence-corrected chi connectivity index (χ4v) is 2.56. The number of urea groups is 1. The quantitative estimate of drug-likeness (QED) is 0.689. The predicted molar refractivity (Wildman–Crippen MR) is 62.9 cm³/mol. The monoisotopic (exact) mass is 257 g/mol. The van der Waals surface area contributed by atoms with Crippen LogP contribution in [-0.2, 0) is 9.63 Å². The van der Waals surface area contributed by atoms with E-state index in [9.17, 15) is 9.59 Å². The first-order valence-corrected chi connectivity index (χ1v) is 6.29. The van der Waals surface area contributed by atoms with Gasteiger partial charge in [-0.3, -0.25) is 9.74 Å². The molecule has 2 heterocycles. The second kappa shape index (κ2) is 6.01. The third-order valence-electron chi connectivity index (χ3n) is 3.48. The highest BCUT2D eigenvalue weighted by Crippen LogP contribution is 2.20. The summed E-state index contributed by atoms with van der Waals surface area (Å²) in [7, 11) is 0. The highest BCUT2D eigenvalue weighted by atomic mass is 16.7. The molecular formula is C11H19N3O4. The molecule has 7 nitrogen and oxygen atoms in total. The molecule has 2 fully saturated rings. The summed E-state index contributed by atoms with van der Waals surface area (Å²) in [4.78, 5) is 30.7. The lowest BCUT2D eigenvalue weighted by Gasteiger charge is -2.43. The molecule has 18 heavy (non-hydrogen) atoms. The van der Waals surface area contributed by atoms with E-state index in [1.165, 1.54) is 12.8 Å². The highest BCUT2D eigenvalue weighted by Gasteiger charge is 2.30. The number of nitrogens with one attached hydrogen (secondary N) is 1. The second-order valence-electron chi connectivity index (χ2n) is 4.72. The number of carboxylic acid groups (broad SMARTS) is 1. The van der Waals surface area contributed by atoms with Gasteiger partial charge in [0.1, 0.15) is 0 Å². The van der Waals surface area contributed by atoms with Crippen LogP contribution in [0, 0.1) is 0 Å². The van der Waals surface area contributed by atoms with E-state index in [1.54, 1.807) is 4.90 Å². The van der Waals surface area contributed by atoms with Crippen LogP contribution in [0.3, 0.4) is 0 Å². The van der Waals surface area contributed by atoms with Crippen LogP contribution < -0.4 is 5.48 Å². The average Bonchev–Trinajstić information content (AvgIpc) is 2.37. The van der Waals surface area contributed by atoms with Gasteiger partial charge < -0.3 is 10.0 Å². The lowest BCUT2D eigenvalue weighted by Crippen LogP contribution is -2.57. The summed E-state index contributed by atoms with van der Waals surface area (Å²) in [6.07, 6.45) is 3.58. The van der Waals surface area contributed by atoms with Crippen LogP contribution in [0.2, 0.25) is 0 Å². The normalized spacial score (nSPS) is 24.4. The maximum absolute atomic E-state index is 11.7. The number of hydrogen-bond acceptors (Lipinski definition) is 4. The average molecular weight is 257 g/mol. The van der Waals surface area contributed by atoms with E-state index in [1.807, 2.05) is 0 Å². The first-order chi connectivity index (χ1) is 8.66. The molecule has 1 unspecified atom stereocenters. The van der Waals surface area contributed by atoms with Crippen LogP contribution in [0.4, 0.5) is 4.79 Å². The smallest absolute Gasteiger partial charge is 0.341 e. The van der Waals surface area contributed by atoms with E-state index >= 15 is 0 Å². The zero-order valence-electron chi connectivity index (χ0n) is 10.3. The minimum absolute atomic E-state index is 0.346. The van der Waals surface area contributed by atoms with Crippen LogP contribution in [0.15, 0.2) is 0 Å². The maximum atomic E-state index is 11.7. The molecule has 0 spiro atoms. The van der Waals surface area contributed by atoms with Crippen molar-refractivity contribution in [2.45, 2.75) is 25.3 Å². The number of hydrogen-bond donors (Lipinski definition) is 2. The topological polar surface area (TPSA) is 82.1 Å². The van der Waals surface area contributed by atoms with E-state index in [0.29, 0.717) is 19.1 Å². The van der Waals surface area contributed by atoms with Crippen molar-refractivity contribution in [1.29, 1.82) is 0 Å². The third-order valence-corrected chi connectivity index (χ3v) is 3.48. The Kier molecular flexibility index (Phi) is 4.38. The van der Waals surface area contributed by atoms with E-state index in [4.69, 9.17) is 5.11 Å². The summed E-state index contributed by atoms with van der Waals surface area (Å²) in [6.45, 7) is 2.85. The predicted octanol–water partition coefficient (Wildman–Crippen LogP) is -0.118. The molecule has 1 atom stereocenters. The largest absolute Gasteiger partial charge is 0.479 e. The van der Waals surface area contributed by atoms with Crippen molar-refractivity contribution in [1.82, 2.24) is 15.3 Å². The van der Waals surface area contributed by atoms with Gasteiger partial charge in [-0.15, -0.1) is 0 Å². The molecule has 0 aliphatic carbocycles. The van der Waals surface area contributed by atoms with Gasteiger partial charge in [-0.05, 0) is 19.4 Å². The summed E-state index contributed by atoms with van der Waals surface area (Å²) in [5.41, 5.74) is 2.17. The zero-order valence-corrected chi connectivity index (χ0v) is 10.3. The first-order valence-electron chi connectivity index (χ1n) is 6.29. The zero-order chi connectivity index (χ0) is 13.0. The van der Waals surface area contributed by atoms with Crippen molar-refractivity contribution < 1.29 is 19.5 Å². The highest BCUT2D eigenvalue weighted by molar-refractivity contribution is 5.74. The molecule has 2 N–H and O–H groups in total. The van der Waals surface area contributed by atoms with Crippen LogP contribution >= 0.6 is 0 Å². The molecular weight excluding hydrogens is 238 g/mol.